The van der Waals surface area contributed by atoms with Crippen molar-refractivity contribution in [1.82, 2.24) is 9.38 Å². The zero-order valence-corrected chi connectivity index (χ0v) is 16.5. The standard InChI is InChI=1S/C19H12Cl2FN3O2S/c20-12-3-6-15(14(21)9-12)27-10-16(26)23-18-17(11-1-4-13(22)5-2-11)24-19-25(18)7-8-28-19/h1-9H,10H2,(H,23,26). The van der Waals surface area contributed by atoms with Gasteiger partial charge in [-0.1, -0.05) is 23.2 Å². The largest absolute Gasteiger partial charge is 0.482 e. The number of imidazole rings is 1. The highest BCUT2D eigenvalue weighted by atomic mass is 35.5. The molecule has 0 saturated heterocycles. The molecule has 28 heavy (non-hydrogen) atoms. The van der Waals surface area contributed by atoms with E-state index in [1.54, 1.807) is 34.9 Å². The Balaban J connectivity index is 1.56. The Morgan fingerprint density at radius 3 is 2.75 bits per heavy atom. The highest BCUT2D eigenvalue weighted by molar-refractivity contribution is 7.15. The van der Waals surface area contributed by atoms with Crippen LogP contribution in [0.25, 0.3) is 16.2 Å². The van der Waals surface area contributed by atoms with E-state index < -0.39 is 0 Å². The summed E-state index contributed by atoms with van der Waals surface area (Å²) >= 11 is 13.3. The van der Waals surface area contributed by atoms with E-state index in [4.69, 9.17) is 27.9 Å². The van der Waals surface area contributed by atoms with E-state index >= 15 is 0 Å². The third kappa shape index (κ3) is 3.82. The second-order valence-corrected chi connectivity index (χ2v) is 7.50. The molecule has 0 saturated carbocycles. The normalized spacial score (nSPS) is 11.0. The molecule has 0 spiro atoms. The van der Waals surface area contributed by atoms with Crippen LogP contribution in [0.1, 0.15) is 0 Å². The number of amides is 1. The fourth-order valence-corrected chi connectivity index (χ4v) is 3.79. The summed E-state index contributed by atoms with van der Waals surface area (Å²) in [6, 6.07) is 10.7. The highest BCUT2D eigenvalue weighted by Gasteiger charge is 2.18. The van der Waals surface area contributed by atoms with Crippen LogP contribution in [0.15, 0.2) is 54.0 Å². The Morgan fingerprint density at radius 2 is 2.00 bits per heavy atom. The minimum atomic E-state index is -0.387. The number of nitrogens with one attached hydrogen (secondary N) is 1. The molecule has 2 aromatic heterocycles. The van der Waals surface area contributed by atoms with E-state index in [1.807, 2.05) is 5.38 Å². The maximum atomic E-state index is 13.2. The molecule has 0 fully saturated rings. The predicted molar refractivity (Wildman–Crippen MR) is 109 cm³/mol. The Hall–Kier alpha value is -2.61. The first kappa shape index (κ1) is 18.7. The van der Waals surface area contributed by atoms with Crippen LogP contribution >= 0.6 is 34.5 Å². The number of hydrogen-bond donors (Lipinski definition) is 1. The van der Waals surface area contributed by atoms with Crippen molar-refractivity contribution in [2.45, 2.75) is 0 Å². The third-order valence-corrected chi connectivity index (χ3v) is 5.18. The van der Waals surface area contributed by atoms with Gasteiger partial charge in [0.05, 0.1) is 5.02 Å². The number of fused-ring (bicyclic) bond motifs is 1. The van der Waals surface area contributed by atoms with Gasteiger partial charge in [-0.05, 0) is 42.5 Å². The Labute approximate surface area is 173 Å². The van der Waals surface area contributed by atoms with Crippen molar-refractivity contribution in [3.8, 4) is 17.0 Å². The number of thiazole rings is 1. The van der Waals surface area contributed by atoms with Crippen LogP contribution in [-0.4, -0.2) is 21.9 Å². The summed E-state index contributed by atoms with van der Waals surface area (Å²) in [6.07, 6.45) is 1.80. The van der Waals surface area contributed by atoms with Gasteiger partial charge >= 0.3 is 0 Å². The van der Waals surface area contributed by atoms with Gasteiger partial charge in [0, 0.05) is 22.2 Å². The third-order valence-electron chi connectivity index (χ3n) is 3.89. The molecule has 0 aliphatic carbocycles. The molecule has 0 radical (unpaired) electrons. The summed E-state index contributed by atoms with van der Waals surface area (Å²) in [7, 11) is 0. The van der Waals surface area contributed by atoms with Gasteiger partial charge in [-0.2, -0.15) is 0 Å². The van der Waals surface area contributed by atoms with E-state index in [9.17, 15) is 9.18 Å². The summed E-state index contributed by atoms with van der Waals surface area (Å²) in [5.74, 6) is 0.110. The molecule has 2 heterocycles. The van der Waals surface area contributed by atoms with Crippen LogP contribution < -0.4 is 10.1 Å². The van der Waals surface area contributed by atoms with Crippen molar-refractivity contribution in [1.29, 1.82) is 0 Å². The summed E-state index contributed by atoms with van der Waals surface area (Å²) < 4.78 is 20.5. The molecule has 0 bridgehead atoms. The average molecular weight is 436 g/mol. The lowest BCUT2D eigenvalue weighted by molar-refractivity contribution is -0.118. The molecular formula is C19H12Cl2FN3O2S. The monoisotopic (exact) mass is 435 g/mol. The number of carbonyl (C=O) groups is 1. The number of hydrogen-bond acceptors (Lipinski definition) is 4. The van der Waals surface area contributed by atoms with Gasteiger partial charge in [0.25, 0.3) is 5.91 Å². The summed E-state index contributed by atoms with van der Waals surface area (Å²) in [6.45, 7) is -0.248. The molecule has 0 aliphatic rings. The SMILES string of the molecule is O=C(COc1ccc(Cl)cc1Cl)Nc1c(-c2ccc(F)cc2)nc2sccn12. The molecule has 2 aromatic carbocycles. The molecule has 5 nitrogen and oxygen atoms in total. The van der Waals surface area contributed by atoms with Gasteiger partial charge in [-0.25, -0.2) is 9.37 Å². The Morgan fingerprint density at radius 1 is 1.21 bits per heavy atom. The highest BCUT2D eigenvalue weighted by Crippen LogP contribution is 2.31. The van der Waals surface area contributed by atoms with Crippen molar-refractivity contribution >= 4 is 51.2 Å². The predicted octanol–water partition coefficient (Wildman–Crippen LogP) is 5.53. The molecule has 4 aromatic rings. The lowest BCUT2D eigenvalue weighted by atomic mass is 10.1. The number of carbonyl (C=O) groups excluding carboxylic acids is 1. The average Bonchev–Trinajstić information content (AvgIpc) is 3.24. The number of nitrogens with zero attached hydrogens (tertiary/aromatic N) is 2. The molecule has 0 atom stereocenters. The number of ether oxygens (including phenoxy) is 1. The molecule has 1 N–H and O–H groups in total. The molecular weight excluding hydrogens is 424 g/mol. The lowest BCUT2D eigenvalue weighted by Crippen LogP contribution is -2.21. The summed E-state index contributed by atoms with van der Waals surface area (Å²) in [5, 5.41) is 5.46. The van der Waals surface area contributed by atoms with Crippen LogP contribution in [0.4, 0.5) is 10.2 Å². The number of rotatable bonds is 5. The van der Waals surface area contributed by atoms with Crippen LogP contribution in [0.3, 0.4) is 0 Å². The topological polar surface area (TPSA) is 55.6 Å². The van der Waals surface area contributed by atoms with Crippen molar-refractivity contribution in [2.75, 3.05) is 11.9 Å². The van der Waals surface area contributed by atoms with Crippen molar-refractivity contribution < 1.29 is 13.9 Å². The van der Waals surface area contributed by atoms with Gasteiger partial charge < -0.3 is 10.1 Å². The van der Waals surface area contributed by atoms with Crippen LogP contribution in [-0.2, 0) is 4.79 Å². The first-order valence-corrected chi connectivity index (χ1v) is 9.74. The molecule has 9 heteroatoms. The second kappa shape index (κ2) is 7.79. The Bertz CT molecular complexity index is 1160. The van der Waals surface area contributed by atoms with Crippen LogP contribution in [0, 0.1) is 5.82 Å². The molecule has 0 aliphatic heterocycles. The first-order chi connectivity index (χ1) is 13.5. The van der Waals surface area contributed by atoms with E-state index in [-0.39, 0.29) is 18.3 Å². The summed E-state index contributed by atoms with van der Waals surface area (Å²) in [4.78, 5) is 17.7. The summed E-state index contributed by atoms with van der Waals surface area (Å²) in [5.41, 5.74) is 1.24. The maximum absolute atomic E-state index is 13.2. The van der Waals surface area contributed by atoms with Gasteiger partial charge in [0.2, 0.25) is 0 Å². The number of benzene rings is 2. The molecule has 4 rings (SSSR count). The first-order valence-electron chi connectivity index (χ1n) is 8.10. The molecule has 1 amide bonds. The number of halogens is 3. The maximum Gasteiger partial charge on any atom is 0.263 e. The van der Waals surface area contributed by atoms with Crippen molar-refractivity contribution in [3.63, 3.8) is 0 Å². The van der Waals surface area contributed by atoms with E-state index in [1.165, 1.54) is 29.5 Å². The van der Waals surface area contributed by atoms with Gasteiger partial charge in [0.1, 0.15) is 23.1 Å². The van der Waals surface area contributed by atoms with E-state index in [0.29, 0.717) is 37.8 Å². The lowest BCUT2D eigenvalue weighted by Gasteiger charge is -2.10. The minimum absolute atomic E-state index is 0.248. The molecule has 0 unspecified atom stereocenters. The van der Waals surface area contributed by atoms with Gasteiger partial charge in [0.15, 0.2) is 11.6 Å². The van der Waals surface area contributed by atoms with Gasteiger partial charge in [-0.3, -0.25) is 9.20 Å². The number of aromatic nitrogens is 2. The fourth-order valence-electron chi connectivity index (χ4n) is 2.62. The van der Waals surface area contributed by atoms with Crippen molar-refractivity contribution in [3.05, 3.63) is 69.9 Å². The zero-order chi connectivity index (χ0) is 19.7. The van der Waals surface area contributed by atoms with Crippen LogP contribution in [0.5, 0.6) is 5.75 Å². The number of anilines is 1. The second-order valence-electron chi connectivity index (χ2n) is 5.78. The quantitative estimate of drug-likeness (QED) is 0.448. The van der Waals surface area contributed by atoms with Crippen molar-refractivity contribution in [2.24, 2.45) is 0 Å². The minimum Gasteiger partial charge on any atom is -0.482 e. The van der Waals surface area contributed by atoms with Gasteiger partial charge in [-0.15, -0.1) is 11.3 Å². The zero-order valence-electron chi connectivity index (χ0n) is 14.2. The van der Waals surface area contributed by atoms with E-state index in [0.717, 1.165) is 0 Å². The molecule has 142 valence electrons. The smallest absolute Gasteiger partial charge is 0.263 e. The van der Waals surface area contributed by atoms with Crippen LogP contribution in [0.2, 0.25) is 10.0 Å². The van der Waals surface area contributed by atoms with E-state index in [2.05, 4.69) is 10.3 Å². The fraction of sp³-hybridized carbons (Fsp3) is 0.0526. The Kier molecular flexibility index (Phi) is 5.21.